The highest BCUT2D eigenvalue weighted by Gasteiger charge is 2.46. The van der Waals surface area contributed by atoms with Gasteiger partial charge in [0.2, 0.25) is 0 Å². The third-order valence-corrected chi connectivity index (χ3v) is 5.24. The predicted molar refractivity (Wildman–Crippen MR) is 123 cm³/mol. The predicted octanol–water partition coefficient (Wildman–Crippen LogP) is 3.14. The van der Waals surface area contributed by atoms with Crippen LogP contribution in [0.25, 0.3) is 5.76 Å². The normalized spacial score (nSPS) is 17.4. The van der Waals surface area contributed by atoms with Crippen molar-refractivity contribution < 1.29 is 24.4 Å². The largest absolute Gasteiger partial charge is 0.507 e. The van der Waals surface area contributed by atoms with Crippen molar-refractivity contribution in [3.63, 3.8) is 0 Å². The molecule has 1 heterocycles. The highest BCUT2D eigenvalue weighted by molar-refractivity contribution is 6.46. The number of carbonyl (C=O) groups is 2. The molecule has 33 heavy (non-hydrogen) atoms. The first-order valence-corrected chi connectivity index (χ1v) is 10.3. The fourth-order valence-corrected chi connectivity index (χ4v) is 3.56. The number of Topliss-reactive ketones (excluding diaryl/α,β-unsaturated/α-hetero) is 1. The van der Waals surface area contributed by atoms with E-state index >= 15 is 0 Å². The maximum Gasteiger partial charge on any atom is 0.295 e. The number of ketones is 1. The summed E-state index contributed by atoms with van der Waals surface area (Å²) >= 11 is 0. The van der Waals surface area contributed by atoms with Crippen molar-refractivity contribution in [3.05, 3.63) is 88.0 Å². The number of likely N-dealkylation sites (tertiary alicyclic amines) is 1. The minimum absolute atomic E-state index is 0.0626. The number of rotatable bonds is 9. The van der Waals surface area contributed by atoms with Gasteiger partial charge < -0.3 is 19.6 Å². The summed E-state index contributed by atoms with van der Waals surface area (Å²) in [6, 6.07) is 11.2. The van der Waals surface area contributed by atoms with E-state index in [2.05, 4.69) is 6.58 Å². The van der Waals surface area contributed by atoms with Crippen LogP contribution in [-0.4, -0.2) is 65.3 Å². The van der Waals surface area contributed by atoms with Crippen LogP contribution in [0.2, 0.25) is 0 Å². The van der Waals surface area contributed by atoms with Crippen molar-refractivity contribution in [1.29, 1.82) is 0 Å². The summed E-state index contributed by atoms with van der Waals surface area (Å²) < 4.78 is 5.44. The van der Waals surface area contributed by atoms with Crippen molar-refractivity contribution in [1.82, 2.24) is 9.80 Å². The summed E-state index contributed by atoms with van der Waals surface area (Å²) in [5.41, 5.74) is 0.663. The Morgan fingerprint density at radius 3 is 2.36 bits per heavy atom. The lowest BCUT2D eigenvalue weighted by atomic mass is 9.95. The lowest BCUT2D eigenvalue weighted by Gasteiger charge is -2.26. The van der Waals surface area contributed by atoms with E-state index < -0.39 is 22.7 Å². The van der Waals surface area contributed by atoms with E-state index in [0.717, 1.165) is 0 Å². The second-order valence-electron chi connectivity index (χ2n) is 7.77. The van der Waals surface area contributed by atoms with Crippen LogP contribution in [0.15, 0.2) is 66.8 Å². The standard InChI is InChI=1S/C24H25N3O6/c1-4-15-33-19-11-7-17(8-12-19)22(28)20-21(16-5-9-18(10-6-16)27(31)32)26(14-13-25(2)3)24(30)23(20)29/h4-12,21,28H,1,13-15H2,2-3H3/b22-20+/t21-/m0/s1. The number of likely N-dealkylation sites (N-methyl/N-ethyl adjacent to an activating group) is 1. The molecule has 1 N–H and O–H groups in total. The van der Waals surface area contributed by atoms with Gasteiger partial charge in [0.05, 0.1) is 16.5 Å². The Morgan fingerprint density at radius 2 is 1.82 bits per heavy atom. The molecule has 2 aromatic carbocycles. The summed E-state index contributed by atoms with van der Waals surface area (Å²) in [4.78, 5) is 39.6. The van der Waals surface area contributed by atoms with E-state index in [9.17, 15) is 24.8 Å². The van der Waals surface area contributed by atoms with Crippen LogP contribution >= 0.6 is 0 Å². The Kier molecular flexibility index (Phi) is 7.24. The second kappa shape index (κ2) is 10.1. The number of ether oxygens (including phenoxy) is 1. The maximum absolute atomic E-state index is 13.0. The molecule has 0 aromatic heterocycles. The van der Waals surface area contributed by atoms with Crippen LogP contribution in [0.5, 0.6) is 5.75 Å². The number of aliphatic hydroxyl groups is 1. The zero-order valence-corrected chi connectivity index (χ0v) is 18.4. The minimum Gasteiger partial charge on any atom is -0.507 e. The number of nitro groups is 1. The number of aliphatic hydroxyl groups excluding tert-OH is 1. The number of nitrogens with zero attached hydrogens (tertiary/aromatic N) is 3. The molecule has 0 unspecified atom stereocenters. The molecular weight excluding hydrogens is 426 g/mol. The van der Waals surface area contributed by atoms with Gasteiger partial charge >= 0.3 is 0 Å². The molecule has 9 nitrogen and oxygen atoms in total. The van der Waals surface area contributed by atoms with Crippen molar-refractivity contribution in [3.8, 4) is 5.75 Å². The van der Waals surface area contributed by atoms with E-state index in [1.54, 1.807) is 30.3 Å². The summed E-state index contributed by atoms with van der Waals surface area (Å²) in [5.74, 6) is -1.29. The smallest absolute Gasteiger partial charge is 0.295 e. The monoisotopic (exact) mass is 451 g/mol. The number of benzene rings is 2. The van der Waals surface area contributed by atoms with Crippen molar-refractivity contribution >= 4 is 23.1 Å². The van der Waals surface area contributed by atoms with E-state index in [4.69, 9.17) is 4.74 Å². The van der Waals surface area contributed by atoms with Crippen molar-refractivity contribution in [2.75, 3.05) is 33.8 Å². The van der Waals surface area contributed by atoms with Gasteiger partial charge in [-0.25, -0.2) is 0 Å². The molecular formula is C24H25N3O6. The number of hydrogen-bond acceptors (Lipinski definition) is 7. The summed E-state index contributed by atoms with van der Waals surface area (Å²) in [7, 11) is 3.68. The van der Waals surface area contributed by atoms with Crippen LogP contribution in [-0.2, 0) is 9.59 Å². The highest BCUT2D eigenvalue weighted by atomic mass is 16.6. The Labute approximate surface area is 191 Å². The maximum atomic E-state index is 13.0. The van der Waals surface area contributed by atoms with Gasteiger partial charge in [0.15, 0.2) is 0 Å². The second-order valence-corrected chi connectivity index (χ2v) is 7.77. The van der Waals surface area contributed by atoms with E-state index in [1.165, 1.54) is 29.2 Å². The van der Waals surface area contributed by atoms with Gasteiger partial charge in [-0.15, -0.1) is 0 Å². The Balaban J connectivity index is 2.07. The molecule has 1 aliphatic heterocycles. The quantitative estimate of drug-likeness (QED) is 0.156. The van der Waals surface area contributed by atoms with Crippen LogP contribution in [0.4, 0.5) is 5.69 Å². The first-order valence-electron chi connectivity index (χ1n) is 10.3. The molecule has 0 bridgehead atoms. The van der Waals surface area contributed by atoms with Gasteiger partial charge in [-0.3, -0.25) is 19.7 Å². The molecule has 0 saturated carbocycles. The molecule has 3 rings (SSSR count). The fraction of sp³-hybridized carbons (Fsp3) is 0.250. The van der Waals surface area contributed by atoms with Gasteiger partial charge in [-0.05, 0) is 56.1 Å². The van der Waals surface area contributed by atoms with Gasteiger partial charge in [0, 0.05) is 30.8 Å². The van der Waals surface area contributed by atoms with Crippen LogP contribution < -0.4 is 4.74 Å². The molecule has 1 amide bonds. The van der Waals surface area contributed by atoms with E-state index in [0.29, 0.717) is 30.0 Å². The number of amides is 1. The summed E-state index contributed by atoms with van der Waals surface area (Å²) in [6.07, 6.45) is 1.60. The van der Waals surface area contributed by atoms with Crippen LogP contribution in [0, 0.1) is 10.1 Å². The molecule has 1 atom stereocenters. The summed E-state index contributed by atoms with van der Waals surface area (Å²) in [5, 5.41) is 22.1. The first-order chi connectivity index (χ1) is 15.7. The zero-order chi connectivity index (χ0) is 24.1. The third-order valence-electron chi connectivity index (χ3n) is 5.24. The topological polar surface area (TPSA) is 113 Å². The molecule has 1 fully saturated rings. The zero-order valence-electron chi connectivity index (χ0n) is 18.4. The Hall–Kier alpha value is -3.98. The molecule has 0 aliphatic carbocycles. The van der Waals surface area contributed by atoms with E-state index in [-0.39, 0.29) is 23.6 Å². The molecule has 9 heteroatoms. The van der Waals surface area contributed by atoms with Crippen molar-refractivity contribution in [2.24, 2.45) is 0 Å². The Morgan fingerprint density at radius 1 is 1.18 bits per heavy atom. The molecule has 2 aromatic rings. The lowest BCUT2D eigenvalue weighted by molar-refractivity contribution is -0.384. The van der Waals surface area contributed by atoms with Gasteiger partial charge in [-0.2, -0.15) is 0 Å². The van der Waals surface area contributed by atoms with Crippen LogP contribution in [0.1, 0.15) is 17.2 Å². The average molecular weight is 451 g/mol. The molecule has 1 aliphatic rings. The highest BCUT2D eigenvalue weighted by Crippen LogP contribution is 2.39. The molecule has 172 valence electrons. The van der Waals surface area contributed by atoms with Gasteiger partial charge in [0.1, 0.15) is 18.1 Å². The van der Waals surface area contributed by atoms with E-state index in [1.807, 2.05) is 19.0 Å². The first kappa shape index (κ1) is 23.7. The number of non-ortho nitro benzene ring substituents is 1. The van der Waals surface area contributed by atoms with Crippen LogP contribution in [0.3, 0.4) is 0 Å². The molecule has 1 saturated heterocycles. The van der Waals surface area contributed by atoms with Gasteiger partial charge in [0.25, 0.3) is 17.4 Å². The third kappa shape index (κ3) is 5.09. The number of nitro benzene ring substituents is 1. The number of carbonyl (C=O) groups excluding carboxylic acids is 2. The SMILES string of the molecule is C=CCOc1ccc(/C(O)=C2\C(=O)C(=O)N(CCN(C)C)[C@H]2c2ccc([N+](=O)[O-])cc2)cc1. The lowest BCUT2D eigenvalue weighted by Crippen LogP contribution is -2.35. The van der Waals surface area contributed by atoms with Gasteiger partial charge in [-0.1, -0.05) is 12.7 Å². The average Bonchev–Trinajstić information content (AvgIpc) is 3.06. The van der Waals surface area contributed by atoms with Crippen molar-refractivity contribution in [2.45, 2.75) is 6.04 Å². The molecule has 0 radical (unpaired) electrons. The molecule has 0 spiro atoms. The Bertz CT molecular complexity index is 1090. The summed E-state index contributed by atoms with van der Waals surface area (Å²) in [6.45, 7) is 4.64. The number of hydrogen-bond donors (Lipinski definition) is 1. The fourth-order valence-electron chi connectivity index (χ4n) is 3.56. The minimum atomic E-state index is -0.873.